The van der Waals surface area contributed by atoms with Crippen LogP contribution in [0.15, 0.2) is 12.3 Å². The number of carbonyl (C=O) groups is 1. The molecule has 112 valence electrons. The van der Waals surface area contributed by atoms with Gasteiger partial charge in [-0.05, 0) is 20.0 Å². The maximum absolute atomic E-state index is 12.0. The lowest BCUT2D eigenvalue weighted by atomic mass is 10.2. The van der Waals surface area contributed by atoms with E-state index in [1.165, 1.54) is 6.20 Å². The van der Waals surface area contributed by atoms with Gasteiger partial charge in [0.1, 0.15) is 0 Å². The molecular weight excluding hydrogens is 258 g/mol. The molecule has 20 heavy (non-hydrogen) atoms. The molecule has 7 nitrogen and oxygen atoms in total. The van der Waals surface area contributed by atoms with Crippen LogP contribution in [0.1, 0.15) is 16.1 Å². The molecule has 0 radical (unpaired) electrons. The van der Waals surface area contributed by atoms with Crippen molar-refractivity contribution in [3.05, 3.63) is 23.5 Å². The minimum absolute atomic E-state index is 0.189. The van der Waals surface area contributed by atoms with Crippen LogP contribution in [0.3, 0.4) is 0 Å². The average Bonchev–Trinajstić information content (AvgIpc) is 2.44. The highest BCUT2D eigenvalue weighted by Gasteiger charge is 2.11. The van der Waals surface area contributed by atoms with Crippen molar-refractivity contribution in [2.75, 3.05) is 45.8 Å². The van der Waals surface area contributed by atoms with E-state index in [-0.39, 0.29) is 5.91 Å². The fourth-order valence-corrected chi connectivity index (χ4v) is 1.67. The highest BCUT2D eigenvalue weighted by molar-refractivity contribution is 5.99. The van der Waals surface area contributed by atoms with Gasteiger partial charge in [0, 0.05) is 38.6 Å². The first-order chi connectivity index (χ1) is 9.58. The van der Waals surface area contributed by atoms with Gasteiger partial charge in [0.05, 0.1) is 17.9 Å². The molecule has 0 spiro atoms. The van der Waals surface area contributed by atoms with Crippen LogP contribution in [-0.4, -0.2) is 56.2 Å². The zero-order valence-electron chi connectivity index (χ0n) is 12.3. The van der Waals surface area contributed by atoms with E-state index < -0.39 is 0 Å². The number of hydrogen-bond donors (Lipinski definition) is 3. The quantitative estimate of drug-likeness (QED) is 0.458. The number of ether oxygens (including phenoxy) is 1. The van der Waals surface area contributed by atoms with Gasteiger partial charge in [-0.1, -0.05) is 0 Å². The smallest absolute Gasteiger partial charge is 0.255 e. The number of methoxy groups -OCH3 is 1. The van der Waals surface area contributed by atoms with E-state index in [2.05, 4.69) is 20.6 Å². The first-order valence-corrected chi connectivity index (χ1v) is 6.47. The lowest BCUT2D eigenvalue weighted by molar-refractivity contribution is 0.0948. The molecule has 4 N–H and O–H groups in total. The molecule has 0 saturated carbocycles. The van der Waals surface area contributed by atoms with Crippen LogP contribution in [0, 0.1) is 6.92 Å². The molecule has 1 rings (SSSR count). The summed E-state index contributed by atoms with van der Waals surface area (Å²) < 4.78 is 4.99. The number of rotatable bonds is 8. The van der Waals surface area contributed by atoms with Crippen LogP contribution in [-0.2, 0) is 4.74 Å². The van der Waals surface area contributed by atoms with E-state index >= 15 is 0 Å². The van der Waals surface area contributed by atoms with Crippen molar-refractivity contribution < 1.29 is 9.53 Å². The molecule has 1 amide bonds. The molecule has 0 aliphatic carbocycles. The third-order valence-electron chi connectivity index (χ3n) is 2.90. The topological polar surface area (TPSA) is 92.5 Å². The van der Waals surface area contributed by atoms with Crippen molar-refractivity contribution in [3.8, 4) is 0 Å². The Morgan fingerprint density at radius 3 is 2.90 bits per heavy atom. The number of nitrogens with zero attached hydrogens (tertiary/aromatic N) is 2. The zero-order chi connectivity index (χ0) is 15.0. The Bertz CT molecular complexity index is 439. The van der Waals surface area contributed by atoms with Crippen LogP contribution < -0.4 is 16.6 Å². The molecule has 1 aromatic rings. The van der Waals surface area contributed by atoms with Crippen molar-refractivity contribution in [2.45, 2.75) is 6.92 Å². The van der Waals surface area contributed by atoms with Gasteiger partial charge in [-0.3, -0.25) is 15.6 Å². The van der Waals surface area contributed by atoms with Gasteiger partial charge < -0.3 is 20.4 Å². The molecule has 0 aliphatic rings. The lowest BCUT2D eigenvalue weighted by Crippen LogP contribution is -2.34. The van der Waals surface area contributed by atoms with Gasteiger partial charge in [0.15, 0.2) is 0 Å². The molecule has 7 heteroatoms. The molecule has 1 aromatic heterocycles. The summed E-state index contributed by atoms with van der Waals surface area (Å²) in [5.74, 6) is 5.22. The van der Waals surface area contributed by atoms with E-state index in [9.17, 15) is 4.79 Å². The number of carbonyl (C=O) groups excluding carboxylic acids is 1. The summed E-state index contributed by atoms with van der Waals surface area (Å²) in [5, 5.41) is 2.84. The number of likely N-dealkylation sites (N-methyl/N-ethyl adjacent to an activating group) is 1. The number of pyridine rings is 1. The average molecular weight is 281 g/mol. The van der Waals surface area contributed by atoms with Crippen molar-refractivity contribution in [1.82, 2.24) is 15.2 Å². The van der Waals surface area contributed by atoms with Crippen LogP contribution >= 0.6 is 0 Å². The van der Waals surface area contributed by atoms with Crippen LogP contribution in [0.5, 0.6) is 0 Å². The zero-order valence-corrected chi connectivity index (χ0v) is 12.3. The van der Waals surface area contributed by atoms with Crippen molar-refractivity contribution >= 4 is 11.6 Å². The monoisotopic (exact) mass is 281 g/mol. The normalized spacial score (nSPS) is 10.7. The Labute approximate surface area is 119 Å². The summed E-state index contributed by atoms with van der Waals surface area (Å²) in [7, 11) is 3.65. The third kappa shape index (κ3) is 5.12. The Morgan fingerprint density at radius 2 is 2.25 bits per heavy atom. The van der Waals surface area contributed by atoms with E-state index in [0.717, 1.165) is 18.8 Å². The Balaban J connectivity index is 2.47. The summed E-state index contributed by atoms with van der Waals surface area (Å²) in [6.45, 7) is 4.64. The van der Waals surface area contributed by atoms with Gasteiger partial charge in [-0.15, -0.1) is 0 Å². The number of hydrogen-bond acceptors (Lipinski definition) is 6. The van der Waals surface area contributed by atoms with Crippen LogP contribution in [0.2, 0.25) is 0 Å². The number of aryl methyl sites for hydroxylation is 1. The molecule has 0 unspecified atom stereocenters. The van der Waals surface area contributed by atoms with Gasteiger partial charge >= 0.3 is 0 Å². The predicted octanol–water partition coefficient (Wildman–Crippen LogP) is -0.0164. The Kier molecular flexibility index (Phi) is 6.92. The van der Waals surface area contributed by atoms with E-state index in [1.807, 2.05) is 14.0 Å². The summed E-state index contributed by atoms with van der Waals surface area (Å²) >= 11 is 0. The number of nitrogens with two attached hydrogens (primary N) is 1. The Hall–Kier alpha value is -1.70. The molecule has 1 heterocycles. The molecular formula is C13H23N5O2. The van der Waals surface area contributed by atoms with Crippen molar-refractivity contribution in [1.29, 1.82) is 0 Å². The van der Waals surface area contributed by atoms with Gasteiger partial charge in [0.2, 0.25) is 0 Å². The second-order valence-electron chi connectivity index (χ2n) is 4.57. The van der Waals surface area contributed by atoms with E-state index in [4.69, 9.17) is 10.6 Å². The van der Waals surface area contributed by atoms with Crippen molar-refractivity contribution in [2.24, 2.45) is 5.84 Å². The summed E-state index contributed by atoms with van der Waals surface area (Å²) in [4.78, 5) is 18.2. The minimum atomic E-state index is -0.189. The number of nitrogens with one attached hydrogen (secondary N) is 2. The van der Waals surface area contributed by atoms with Crippen LogP contribution in [0.4, 0.5) is 5.69 Å². The molecule has 0 saturated heterocycles. The molecule has 0 aliphatic heterocycles. The maximum atomic E-state index is 12.0. The second kappa shape index (κ2) is 8.47. The Morgan fingerprint density at radius 1 is 1.50 bits per heavy atom. The van der Waals surface area contributed by atoms with Gasteiger partial charge in [-0.2, -0.15) is 0 Å². The number of anilines is 1. The summed E-state index contributed by atoms with van der Waals surface area (Å²) in [6.07, 6.45) is 1.52. The standard InChI is InChI=1S/C13H23N5O2/c1-10-8-12(17-14)11(9-16-10)13(19)15-4-5-18(2)6-7-20-3/h8-9H,4-7,14H2,1-3H3,(H,15,19)(H,16,17). The molecule has 0 fully saturated rings. The maximum Gasteiger partial charge on any atom is 0.255 e. The lowest BCUT2D eigenvalue weighted by Gasteiger charge is -2.16. The SMILES string of the molecule is COCCN(C)CCNC(=O)c1cnc(C)cc1NN. The largest absolute Gasteiger partial charge is 0.383 e. The summed E-state index contributed by atoms with van der Waals surface area (Å²) in [5.41, 5.74) is 4.33. The van der Waals surface area contributed by atoms with E-state index in [1.54, 1.807) is 13.2 Å². The van der Waals surface area contributed by atoms with Gasteiger partial charge in [0.25, 0.3) is 5.91 Å². The predicted molar refractivity (Wildman–Crippen MR) is 78.5 cm³/mol. The van der Waals surface area contributed by atoms with Crippen molar-refractivity contribution in [3.63, 3.8) is 0 Å². The molecule has 0 bridgehead atoms. The fraction of sp³-hybridized carbons (Fsp3) is 0.538. The fourth-order valence-electron chi connectivity index (χ4n) is 1.67. The first kappa shape index (κ1) is 16.4. The molecule has 0 atom stereocenters. The second-order valence-corrected chi connectivity index (χ2v) is 4.57. The number of amides is 1. The highest BCUT2D eigenvalue weighted by Crippen LogP contribution is 2.13. The van der Waals surface area contributed by atoms with Crippen LogP contribution in [0.25, 0.3) is 0 Å². The number of nitrogen functional groups attached to an aromatic ring is 1. The first-order valence-electron chi connectivity index (χ1n) is 6.47. The van der Waals surface area contributed by atoms with E-state index in [0.29, 0.717) is 24.4 Å². The third-order valence-corrected chi connectivity index (χ3v) is 2.90. The molecule has 0 aromatic carbocycles. The summed E-state index contributed by atoms with van der Waals surface area (Å²) in [6, 6.07) is 1.74. The highest BCUT2D eigenvalue weighted by atomic mass is 16.5. The number of hydrazine groups is 1. The van der Waals surface area contributed by atoms with Gasteiger partial charge in [-0.25, -0.2) is 0 Å². The minimum Gasteiger partial charge on any atom is -0.383 e. The number of aromatic nitrogens is 1.